The number of halogens is 2. The molecule has 0 aliphatic heterocycles. The Morgan fingerprint density at radius 2 is 2.36 bits per heavy atom. The molecule has 0 spiro atoms. The van der Waals surface area contributed by atoms with Crippen molar-refractivity contribution in [1.29, 1.82) is 0 Å². The van der Waals surface area contributed by atoms with Gasteiger partial charge in [0.2, 0.25) is 0 Å². The molecule has 0 amide bonds. The molecule has 0 bridgehead atoms. The van der Waals surface area contributed by atoms with E-state index in [2.05, 4.69) is 5.10 Å². The fourth-order valence-corrected chi connectivity index (χ4v) is 0.965. The molecule has 0 radical (unpaired) electrons. The van der Waals surface area contributed by atoms with E-state index in [9.17, 15) is 0 Å². The molecule has 64 valence electrons. The molecule has 0 fully saturated rings. The van der Waals surface area contributed by atoms with Gasteiger partial charge in [-0.3, -0.25) is 4.68 Å². The summed E-state index contributed by atoms with van der Waals surface area (Å²) in [4.78, 5) is 0. The van der Waals surface area contributed by atoms with Crippen molar-refractivity contribution >= 4 is 24.0 Å². The highest BCUT2D eigenvalue weighted by molar-refractivity contribution is 6.31. The molecule has 1 aromatic rings. The first-order valence-electron chi connectivity index (χ1n) is 3.19. The fraction of sp³-hybridized carbons (Fsp3) is 0.500. The molecule has 11 heavy (non-hydrogen) atoms. The van der Waals surface area contributed by atoms with Crippen LogP contribution in [-0.4, -0.2) is 9.78 Å². The van der Waals surface area contributed by atoms with Crippen LogP contribution in [0, 0.1) is 0 Å². The number of nitrogens with zero attached hydrogens (tertiary/aromatic N) is 2. The number of hydrogen-bond donors (Lipinski definition) is 1. The summed E-state index contributed by atoms with van der Waals surface area (Å²) in [7, 11) is 0. The zero-order valence-electron chi connectivity index (χ0n) is 6.25. The molecule has 0 aliphatic carbocycles. The van der Waals surface area contributed by atoms with Gasteiger partial charge < -0.3 is 5.73 Å². The third-order valence-electron chi connectivity index (χ3n) is 1.30. The molecule has 1 aromatic heterocycles. The number of aryl methyl sites for hydroxylation is 1. The van der Waals surface area contributed by atoms with E-state index in [4.69, 9.17) is 17.3 Å². The Bertz CT molecular complexity index is 222. The molecule has 3 nitrogen and oxygen atoms in total. The molecule has 0 aromatic carbocycles. The number of aromatic nitrogens is 2. The Balaban J connectivity index is 0.000001000. The summed E-state index contributed by atoms with van der Waals surface area (Å²) in [6.45, 7) is 3.25. The zero-order chi connectivity index (χ0) is 7.56. The smallest absolute Gasteiger partial charge is 0.0946 e. The third-order valence-corrected chi connectivity index (χ3v) is 1.62. The van der Waals surface area contributed by atoms with Gasteiger partial charge in [0.1, 0.15) is 0 Å². The Kier molecular flexibility index (Phi) is 4.49. The van der Waals surface area contributed by atoms with Crippen molar-refractivity contribution in [2.45, 2.75) is 20.0 Å². The highest BCUT2D eigenvalue weighted by Gasteiger charge is 2.01. The van der Waals surface area contributed by atoms with Crippen LogP contribution in [0.25, 0.3) is 0 Å². The van der Waals surface area contributed by atoms with Gasteiger partial charge in [-0.25, -0.2) is 0 Å². The summed E-state index contributed by atoms with van der Waals surface area (Å²) in [5.41, 5.74) is 6.13. The molecule has 1 heterocycles. The van der Waals surface area contributed by atoms with Gasteiger partial charge in [0.25, 0.3) is 0 Å². The van der Waals surface area contributed by atoms with Crippen LogP contribution in [-0.2, 0) is 13.1 Å². The highest BCUT2D eigenvalue weighted by atomic mass is 35.5. The predicted octanol–water partition coefficient (Wildman–Crippen LogP) is 1.44. The van der Waals surface area contributed by atoms with Crippen molar-refractivity contribution in [1.82, 2.24) is 9.78 Å². The van der Waals surface area contributed by atoms with Crippen LogP contribution in [0.4, 0.5) is 0 Å². The summed E-state index contributed by atoms with van der Waals surface area (Å²) in [5.74, 6) is 0. The Morgan fingerprint density at radius 3 is 2.64 bits per heavy atom. The van der Waals surface area contributed by atoms with E-state index in [1.165, 1.54) is 0 Å². The maximum atomic E-state index is 5.76. The molecule has 5 heteroatoms. The summed E-state index contributed by atoms with van der Waals surface area (Å²) in [5, 5.41) is 4.76. The van der Waals surface area contributed by atoms with Gasteiger partial charge in [0, 0.05) is 19.3 Å². The van der Waals surface area contributed by atoms with Crippen molar-refractivity contribution < 1.29 is 0 Å². The monoisotopic (exact) mass is 195 g/mol. The van der Waals surface area contributed by atoms with E-state index in [1.54, 1.807) is 10.9 Å². The third kappa shape index (κ3) is 2.36. The van der Waals surface area contributed by atoms with Crippen molar-refractivity contribution in [2.75, 3.05) is 0 Å². The number of rotatable bonds is 2. The van der Waals surface area contributed by atoms with Crippen LogP contribution in [0.15, 0.2) is 6.20 Å². The first-order valence-corrected chi connectivity index (χ1v) is 3.57. The van der Waals surface area contributed by atoms with E-state index in [-0.39, 0.29) is 12.4 Å². The van der Waals surface area contributed by atoms with Crippen molar-refractivity contribution in [3.05, 3.63) is 16.9 Å². The first kappa shape index (κ1) is 10.8. The van der Waals surface area contributed by atoms with Crippen LogP contribution < -0.4 is 5.73 Å². The SMILES string of the molecule is CCn1cc(Cl)c(CN)n1.Cl. The molecular weight excluding hydrogens is 185 g/mol. The predicted molar refractivity (Wildman–Crippen MR) is 48.1 cm³/mol. The molecule has 1 rings (SSSR count). The molecule has 0 atom stereocenters. The molecule has 0 unspecified atom stereocenters. The topological polar surface area (TPSA) is 43.8 Å². The second-order valence-corrected chi connectivity index (χ2v) is 2.39. The quantitative estimate of drug-likeness (QED) is 0.777. The first-order chi connectivity index (χ1) is 4.77. The second-order valence-electron chi connectivity index (χ2n) is 1.98. The minimum Gasteiger partial charge on any atom is -0.325 e. The Hall–Kier alpha value is -0.250. The van der Waals surface area contributed by atoms with Gasteiger partial charge in [-0.1, -0.05) is 11.6 Å². The number of hydrogen-bond acceptors (Lipinski definition) is 2. The maximum absolute atomic E-state index is 5.76. The highest BCUT2D eigenvalue weighted by Crippen LogP contribution is 2.12. The Labute approximate surface area is 76.9 Å². The normalized spacial score (nSPS) is 9.36. The zero-order valence-corrected chi connectivity index (χ0v) is 7.82. The van der Waals surface area contributed by atoms with Gasteiger partial charge in [0.15, 0.2) is 0 Å². The molecular formula is C6H11Cl2N3. The van der Waals surface area contributed by atoms with E-state index in [0.717, 1.165) is 12.2 Å². The molecule has 0 saturated carbocycles. The van der Waals surface area contributed by atoms with Crippen LogP contribution in [0.5, 0.6) is 0 Å². The van der Waals surface area contributed by atoms with Crippen LogP contribution >= 0.6 is 24.0 Å². The van der Waals surface area contributed by atoms with Crippen molar-refractivity contribution in [3.8, 4) is 0 Å². The fourth-order valence-electron chi connectivity index (χ4n) is 0.737. The lowest BCUT2D eigenvalue weighted by Gasteiger charge is -1.90. The van der Waals surface area contributed by atoms with E-state index >= 15 is 0 Å². The van der Waals surface area contributed by atoms with Gasteiger partial charge in [-0.05, 0) is 6.92 Å². The Morgan fingerprint density at radius 1 is 1.73 bits per heavy atom. The van der Waals surface area contributed by atoms with Crippen LogP contribution in [0.1, 0.15) is 12.6 Å². The lowest BCUT2D eigenvalue weighted by atomic mass is 10.4. The summed E-state index contributed by atoms with van der Waals surface area (Å²) in [6, 6.07) is 0. The van der Waals surface area contributed by atoms with Crippen molar-refractivity contribution in [2.24, 2.45) is 5.73 Å². The van der Waals surface area contributed by atoms with Gasteiger partial charge in [-0.2, -0.15) is 5.10 Å². The summed E-state index contributed by atoms with van der Waals surface area (Å²) in [6.07, 6.45) is 1.78. The second kappa shape index (κ2) is 4.59. The average molecular weight is 196 g/mol. The number of nitrogens with two attached hydrogens (primary N) is 1. The lowest BCUT2D eigenvalue weighted by Crippen LogP contribution is -2.00. The minimum absolute atomic E-state index is 0. The molecule has 2 N–H and O–H groups in total. The van der Waals surface area contributed by atoms with Crippen LogP contribution in [0.2, 0.25) is 5.02 Å². The minimum atomic E-state index is 0. The average Bonchev–Trinajstić information content (AvgIpc) is 2.30. The van der Waals surface area contributed by atoms with Gasteiger partial charge in [0.05, 0.1) is 10.7 Å². The van der Waals surface area contributed by atoms with E-state index in [0.29, 0.717) is 11.6 Å². The largest absolute Gasteiger partial charge is 0.325 e. The van der Waals surface area contributed by atoms with Gasteiger partial charge >= 0.3 is 0 Å². The van der Waals surface area contributed by atoms with Gasteiger partial charge in [-0.15, -0.1) is 12.4 Å². The van der Waals surface area contributed by atoms with Crippen molar-refractivity contribution in [3.63, 3.8) is 0 Å². The maximum Gasteiger partial charge on any atom is 0.0946 e. The van der Waals surface area contributed by atoms with E-state index < -0.39 is 0 Å². The summed E-state index contributed by atoms with van der Waals surface area (Å²) < 4.78 is 1.77. The standard InChI is InChI=1S/C6H10ClN3.ClH/c1-2-10-4-5(7)6(3-8)9-10;/h4H,2-3,8H2,1H3;1H. The van der Waals surface area contributed by atoms with Crippen LogP contribution in [0.3, 0.4) is 0 Å². The summed E-state index contributed by atoms with van der Waals surface area (Å²) >= 11 is 5.76. The lowest BCUT2D eigenvalue weighted by molar-refractivity contribution is 0.647. The van der Waals surface area contributed by atoms with E-state index in [1.807, 2.05) is 6.92 Å². The molecule has 0 aliphatic rings. The molecule has 0 saturated heterocycles.